The van der Waals surface area contributed by atoms with E-state index < -0.39 is 37.5 Å². The molecule has 1 aliphatic rings. The molecule has 1 fully saturated rings. The molecular formula is C11H14FN3O4S. The van der Waals surface area contributed by atoms with E-state index in [1.54, 1.807) is 0 Å². The number of hydrogen-bond acceptors (Lipinski definition) is 5. The van der Waals surface area contributed by atoms with Crippen LogP contribution in [0.5, 0.6) is 0 Å². The quantitative estimate of drug-likeness (QED) is 0.667. The molecule has 1 aromatic rings. The fraction of sp³-hybridized carbons (Fsp3) is 0.455. The van der Waals surface area contributed by atoms with E-state index in [-0.39, 0.29) is 6.54 Å². The molecule has 0 saturated carbocycles. The van der Waals surface area contributed by atoms with Gasteiger partial charge in [0.15, 0.2) is 4.90 Å². The van der Waals surface area contributed by atoms with Crippen molar-refractivity contribution in [3.05, 3.63) is 34.1 Å². The van der Waals surface area contributed by atoms with Crippen LogP contribution in [-0.4, -0.2) is 30.4 Å². The maximum Gasteiger partial charge on any atom is 0.324 e. The summed E-state index contributed by atoms with van der Waals surface area (Å²) in [6.07, 6.45) is 1.15. The molecule has 9 heteroatoms. The average Bonchev–Trinajstić information content (AvgIpc) is 2.38. The Morgan fingerprint density at radius 2 is 2.10 bits per heavy atom. The zero-order valence-corrected chi connectivity index (χ0v) is 11.3. The molecular weight excluding hydrogens is 289 g/mol. The van der Waals surface area contributed by atoms with Gasteiger partial charge in [-0.05, 0) is 31.4 Å². The lowest BCUT2D eigenvalue weighted by Crippen LogP contribution is -2.48. The lowest BCUT2D eigenvalue weighted by molar-refractivity contribution is -0.390. The van der Waals surface area contributed by atoms with Gasteiger partial charge < -0.3 is 5.73 Å². The molecule has 1 unspecified atom stereocenters. The molecule has 1 heterocycles. The first kappa shape index (κ1) is 14.8. The van der Waals surface area contributed by atoms with E-state index in [0.29, 0.717) is 12.8 Å². The van der Waals surface area contributed by atoms with Gasteiger partial charge in [-0.2, -0.15) is 8.70 Å². The molecule has 0 aliphatic carbocycles. The molecule has 0 amide bonds. The number of benzene rings is 1. The fourth-order valence-corrected chi connectivity index (χ4v) is 3.99. The molecule has 1 aliphatic heterocycles. The first-order valence-corrected chi connectivity index (χ1v) is 7.50. The molecule has 2 N–H and O–H groups in total. The van der Waals surface area contributed by atoms with Crippen molar-refractivity contribution in [3.63, 3.8) is 0 Å². The molecule has 0 spiro atoms. The van der Waals surface area contributed by atoms with Crippen LogP contribution in [0.1, 0.15) is 19.3 Å². The van der Waals surface area contributed by atoms with E-state index in [0.717, 1.165) is 28.9 Å². The van der Waals surface area contributed by atoms with Gasteiger partial charge in [-0.15, -0.1) is 0 Å². The van der Waals surface area contributed by atoms with Gasteiger partial charge in [0, 0.05) is 6.54 Å². The predicted molar refractivity (Wildman–Crippen MR) is 68.8 cm³/mol. The number of nitro benzene ring substituents is 1. The molecule has 0 bridgehead atoms. The SMILES string of the molecule is NC1CCCCN1S(=O)(=O)c1cccc(F)c1[N+](=O)[O-]. The number of sulfonamides is 1. The number of nitrogens with two attached hydrogens (primary N) is 1. The second-order valence-corrected chi connectivity index (χ2v) is 6.38. The first-order valence-electron chi connectivity index (χ1n) is 6.06. The van der Waals surface area contributed by atoms with Crippen LogP contribution in [0.15, 0.2) is 23.1 Å². The summed E-state index contributed by atoms with van der Waals surface area (Å²) in [5, 5.41) is 10.9. The van der Waals surface area contributed by atoms with Crippen LogP contribution in [0.3, 0.4) is 0 Å². The summed E-state index contributed by atoms with van der Waals surface area (Å²) in [7, 11) is -4.18. The molecule has 1 atom stereocenters. The van der Waals surface area contributed by atoms with Crippen LogP contribution >= 0.6 is 0 Å². The lowest BCUT2D eigenvalue weighted by Gasteiger charge is -2.31. The standard InChI is InChI=1S/C11H14FN3O4S/c12-8-4-3-5-9(11(8)15(16)17)20(18,19)14-7-2-1-6-10(14)13/h3-5,10H,1-2,6-7,13H2. The second kappa shape index (κ2) is 5.43. The minimum atomic E-state index is -4.18. The number of nitrogens with zero attached hydrogens (tertiary/aromatic N) is 2. The maximum absolute atomic E-state index is 13.5. The topological polar surface area (TPSA) is 107 Å². The van der Waals surface area contributed by atoms with Gasteiger partial charge in [-0.1, -0.05) is 6.07 Å². The van der Waals surface area contributed by atoms with Gasteiger partial charge in [-0.3, -0.25) is 10.1 Å². The van der Waals surface area contributed by atoms with Crippen molar-refractivity contribution in [2.24, 2.45) is 5.73 Å². The Balaban J connectivity index is 2.55. The van der Waals surface area contributed by atoms with E-state index in [9.17, 15) is 22.9 Å². The molecule has 1 aromatic carbocycles. The van der Waals surface area contributed by atoms with Crippen LogP contribution in [0, 0.1) is 15.9 Å². The largest absolute Gasteiger partial charge is 0.324 e. The second-order valence-electron chi connectivity index (χ2n) is 4.52. The highest BCUT2D eigenvalue weighted by Crippen LogP contribution is 2.31. The van der Waals surface area contributed by atoms with Crippen LogP contribution < -0.4 is 5.73 Å². The van der Waals surface area contributed by atoms with Crippen molar-refractivity contribution < 1.29 is 17.7 Å². The summed E-state index contributed by atoms with van der Waals surface area (Å²) >= 11 is 0. The minimum absolute atomic E-state index is 0.178. The summed E-state index contributed by atoms with van der Waals surface area (Å²) in [5.41, 5.74) is 4.71. The normalized spacial score (nSPS) is 20.8. The van der Waals surface area contributed by atoms with Gasteiger partial charge >= 0.3 is 5.69 Å². The first-order chi connectivity index (χ1) is 9.35. The number of rotatable bonds is 3. The average molecular weight is 303 g/mol. The summed E-state index contributed by atoms with van der Waals surface area (Å²) in [5.74, 6) is -1.18. The van der Waals surface area contributed by atoms with Gasteiger partial charge in [-0.25, -0.2) is 8.42 Å². The summed E-state index contributed by atoms with van der Waals surface area (Å²) < 4.78 is 39.4. The third-order valence-corrected chi connectivity index (χ3v) is 5.17. The van der Waals surface area contributed by atoms with E-state index in [4.69, 9.17) is 5.73 Å². The predicted octanol–water partition coefficient (Wildman–Crippen LogP) is 1.19. The zero-order chi connectivity index (χ0) is 14.9. The van der Waals surface area contributed by atoms with Crippen molar-refractivity contribution in [2.75, 3.05) is 6.54 Å². The van der Waals surface area contributed by atoms with Gasteiger partial charge in [0.05, 0.1) is 11.1 Å². The third kappa shape index (κ3) is 2.51. The van der Waals surface area contributed by atoms with Crippen molar-refractivity contribution in [3.8, 4) is 0 Å². The Labute approximate surface area is 115 Å². The highest BCUT2D eigenvalue weighted by Gasteiger charge is 2.37. The van der Waals surface area contributed by atoms with Crippen LogP contribution in [0.25, 0.3) is 0 Å². The molecule has 2 rings (SSSR count). The van der Waals surface area contributed by atoms with Gasteiger partial charge in [0.2, 0.25) is 5.82 Å². The molecule has 0 aromatic heterocycles. The fourth-order valence-electron chi connectivity index (χ4n) is 2.24. The number of piperidine rings is 1. The van der Waals surface area contributed by atoms with E-state index in [1.807, 2.05) is 0 Å². The molecule has 0 radical (unpaired) electrons. The summed E-state index contributed by atoms with van der Waals surface area (Å²) in [4.78, 5) is 9.22. The van der Waals surface area contributed by atoms with E-state index in [2.05, 4.69) is 0 Å². The number of nitro groups is 1. The van der Waals surface area contributed by atoms with E-state index in [1.165, 1.54) is 0 Å². The third-order valence-electron chi connectivity index (χ3n) is 3.22. The van der Waals surface area contributed by atoms with Crippen LogP contribution in [0.2, 0.25) is 0 Å². The van der Waals surface area contributed by atoms with Crippen LogP contribution in [0.4, 0.5) is 10.1 Å². The lowest BCUT2D eigenvalue weighted by atomic mass is 10.1. The number of para-hydroxylation sites is 1. The monoisotopic (exact) mass is 303 g/mol. The Kier molecular flexibility index (Phi) is 4.02. The molecule has 7 nitrogen and oxygen atoms in total. The highest BCUT2D eigenvalue weighted by atomic mass is 32.2. The molecule has 1 saturated heterocycles. The summed E-state index contributed by atoms with van der Waals surface area (Å²) in [6, 6.07) is 3.01. The van der Waals surface area contributed by atoms with Crippen molar-refractivity contribution in [1.29, 1.82) is 0 Å². The molecule has 20 heavy (non-hydrogen) atoms. The Morgan fingerprint density at radius 3 is 2.70 bits per heavy atom. The maximum atomic E-state index is 13.5. The Hall–Kier alpha value is -1.58. The van der Waals surface area contributed by atoms with Gasteiger partial charge in [0.1, 0.15) is 0 Å². The van der Waals surface area contributed by atoms with Crippen molar-refractivity contribution in [1.82, 2.24) is 4.31 Å². The van der Waals surface area contributed by atoms with Crippen LogP contribution in [-0.2, 0) is 10.0 Å². The van der Waals surface area contributed by atoms with Gasteiger partial charge in [0.25, 0.3) is 10.0 Å². The Bertz CT molecular complexity index is 635. The summed E-state index contributed by atoms with van der Waals surface area (Å²) in [6.45, 7) is 0.178. The zero-order valence-electron chi connectivity index (χ0n) is 10.5. The van der Waals surface area contributed by atoms with Crippen molar-refractivity contribution >= 4 is 15.7 Å². The number of halogens is 1. The smallest absolute Gasteiger partial charge is 0.315 e. The van der Waals surface area contributed by atoms with E-state index >= 15 is 0 Å². The highest BCUT2D eigenvalue weighted by molar-refractivity contribution is 7.89. The number of hydrogen-bond donors (Lipinski definition) is 1. The van der Waals surface area contributed by atoms with Crippen molar-refractivity contribution in [2.45, 2.75) is 30.3 Å². The molecule has 110 valence electrons. The Morgan fingerprint density at radius 1 is 1.40 bits per heavy atom. The minimum Gasteiger partial charge on any atom is -0.315 e.